The maximum Gasteiger partial charge on any atom is 0.325 e. The van der Waals surface area contributed by atoms with E-state index < -0.39 is 11.6 Å². The molecule has 3 aliphatic rings. The molecule has 1 spiro atoms. The Morgan fingerprint density at radius 2 is 1.87 bits per heavy atom. The standard InChI is InChI=1S/C23H33N5O3/c1-18-7-5-6-10-23(18)21(30)28(22(31)25-23)17-20(29)24-11-12-26-13-15-27(16-14-26)19-8-3-2-4-9-19/h2-4,8-9,18H,5-7,10-17H2,1H3,(H,24,29)(H,25,31). The fourth-order valence-corrected chi connectivity index (χ4v) is 5.06. The maximum atomic E-state index is 13.0. The second-order valence-electron chi connectivity index (χ2n) is 8.95. The normalized spacial score (nSPS) is 26.9. The summed E-state index contributed by atoms with van der Waals surface area (Å²) in [5, 5.41) is 5.77. The molecule has 0 radical (unpaired) electrons. The van der Waals surface area contributed by atoms with Crippen LogP contribution < -0.4 is 15.5 Å². The predicted molar refractivity (Wildman–Crippen MR) is 119 cm³/mol. The van der Waals surface area contributed by atoms with Gasteiger partial charge in [0.05, 0.1) is 0 Å². The zero-order valence-corrected chi connectivity index (χ0v) is 18.3. The minimum atomic E-state index is -0.811. The van der Waals surface area contributed by atoms with Crippen LogP contribution in [0.15, 0.2) is 30.3 Å². The molecule has 2 N–H and O–H groups in total. The first-order chi connectivity index (χ1) is 15.0. The molecule has 4 rings (SSSR count). The molecule has 4 amide bonds. The van der Waals surface area contributed by atoms with Gasteiger partial charge in [-0.1, -0.05) is 38.0 Å². The first kappa shape index (κ1) is 21.6. The Morgan fingerprint density at radius 1 is 1.13 bits per heavy atom. The van der Waals surface area contributed by atoms with Crippen molar-refractivity contribution in [2.45, 2.75) is 38.1 Å². The lowest BCUT2D eigenvalue weighted by atomic mass is 9.73. The summed E-state index contributed by atoms with van der Waals surface area (Å²) in [7, 11) is 0. The molecule has 2 aliphatic heterocycles. The number of piperazine rings is 1. The zero-order chi connectivity index (χ0) is 21.8. The summed E-state index contributed by atoms with van der Waals surface area (Å²) in [6, 6.07) is 9.95. The Bertz CT molecular complexity index is 809. The minimum absolute atomic E-state index is 0.0975. The third-order valence-corrected chi connectivity index (χ3v) is 7.05. The van der Waals surface area contributed by atoms with Gasteiger partial charge in [-0.25, -0.2) is 4.79 Å². The van der Waals surface area contributed by atoms with E-state index >= 15 is 0 Å². The van der Waals surface area contributed by atoms with Gasteiger partial charge in [0, 0.05) is 45.0 Å². The number of carbonyl (C=O) groups excluding carboxylic acids is 3. The van der Waals surface area contributed by atoms with Gasteiger partial charge in [-0.2, -0.15) is 0 Å². The number of nitrogens with zero attached hydrogens (tertiary/aromatic N) is 3. The van der Waals surface area contributed by atoms with Gasteiger partial charge >= 0.3 is 6.03 Å². The van der Waals surface area contributed by atoms with Gasteiger partial charge in [0.25, 0.3) is 5.91 Å². The molecular formula is C23H33N5O3. The van der Waals surface area contributed by atoms with Crippen LogP contribution in [0, 0.1) is 5.92 Å². The summed E-state index contributed by atoms with van der Waals surface area (Å²) in [5.41, 5.74) is 0.433. The Labute approximate surface area is 183 Å². The van der Waals surface area contributed by atoms with Gasteiger partial charge in [-0.15, -0.1) is 0 Å². The monoisotopic (exact) mass is 427 g/mol. The molecule has 1 aliphatic carbocycles. The molecule has 1 aromatic carbocycles. The second-order valence-corrected chi connectivity index (χ2v) is 8.95. The summed E-state index contributed by atoms with van der Waals surface area (Å²) in [5.74, 6) is -0.427. The summed E-state index contributed by atoms with van der Waals surface area (Å²) in [6.45, 7) is 6.88. The van der Waals surface area contributed by atoms with E-state index in [2.05, 4.69) is 44.7 Å². The van der Waals surface area contributed by atoms with E-state index in [9.17, 15) is 14.4 Å². The van der Waals surface area contributed by atoms with Crippen molar-refractivity contribution in [1.82, 2.24) is 20.4 Å². The van der Waals surface area contributed by atoms with Crippen molar-refractivity contribution in [1.29, 1.82) is 0 Å². The van der Waals surface area contributed by atoms with Crippen molar-refractivity contribution in [3.8, 4) is 0 Å². The van der Waals surface area contributed by atoms with E-state index in [0.717, 1.165) is 56.9 Å². The van der Waals surface area contributed by atoms with Crippen LogP contribution in [0.2, 0.25) is 0 Å². The number of para-hydroxylation sites is 1. The molecule has 8 heteroatoms. The Morgan fingerprint density at radius 3 is 2.58 bits per heavy atom. The van der Waals surface area contributed by atoms with Crippen molar-refractivity contribution < 1.29 is 14.4 Å². The highest BCUT2D eigenvalue weighted by atomic mass is 16.2. The molecule has 168 valence electrons. The number of nitrogens with one attached hydrogen (secondary N) is 2. The lowest BCUT2D eigenvalue weighted by Gasteiger charge is -2.36. The van der Waals surface area contributed by atoms with Crippen LogP contribution >= 0.6 is 0 Å². The van der Waals surface area contributed by atoms with E-state index in [1.807, 2.05) is 13.0 Å². The summed E-state index contributed by atoms with van der Waals surface area (Å²) in [6.07, 6.45) is 3.58. The quantitative estimate of drug-likeness (QED) is 0.671. The molecule has 1 aromatic rings. The smallest absolute Gasteiger partial charge is 0.325 e. The summed E-state index contributed by atoms with van der Waals surface area (Å²) < 4.78 is 0. The number of imide groups is 1. The van der Waals surface area contributed by atoms with E-state index in [-0.39, 0.29) is 24.3 Å². The summed E-state index contributed by atoms with van der Waals surface area (Å²) in [4.78, 5) is 43.6. The molecule has 31 heavy (non-hydrogen) atoms. The third-order valence-electron chi connectivity index (χ3n) is 7.05. The number of benzene rings is 1. The second kappa shape index (κ2) is 9.26. The molecule has 8 nitrogen and oxygen atoms in total. The average molecular weight is 428 g/mol. The molecular weight excluding hydrogens is 394 g/mol. The molecule has 2 saturated heterocycles. The number of rotatable bonds is 6. The van der Waals surface area contributed by atoms with Crippen molar-refractivity contribution in [3.05, 3.63) is 30.3 Å². The van der Waals surface area contributed by atoms with Gasteiger partial charge in [0.15, 0.2) is 0 Å². The average Bonchev–Trinajstić information content (AvgIpc) is 3.02. The van der Waals surface area contributed by atoms with E-state index in [1.54, 1.807) is 0 Å². The van der Waals surface area contributed by atoms with Crippen molar-refractivity contribution in [3.63, 3.8) is 0 Å². The topological polar surface area (TPSA) is 85.0 Å². The van der Waals surface area contributed by atoms with Crippen LogP contribution in [0.1, 0.15) is 32.6 Å². The Kier molecular flexibility index (Phi) is 6.46. The van der Waals surface area contributed by atoms with Gasteiger partial charge in [-0.3, -0.25) is 19.4 Å². The summed E-state index contributed by atoms with van der Waals surface area (Å²) >= 11 is 0. The minimum Gasteiger partial charge on any atom is -0.369 e. The van der Waals surface area contributed by atoms with E-state index in [0.29, 0.717) is 13.0 Å². The molecule has 2 heterocycles. The van der Waals surface area contributed by atoms with Crippen LogP contribution in [0.4, 0.5) is 10.5 Å². The number of anilines is 1. The maximum absolute atomic E-state index is 13.0. The number of urea groups is 1. The molecule has 0 aromatic heterocycles. The van der Waals surface area contributed by atoms with Gasteiger partial charge in [0.1, 0.15) is 12.1 Å². The van der Waals surface area contributed by atoms with Crippen LogP contribution in [0.5, 0.6) is 0 Å². The van der Waals surface area contributed by atoms with Crippen molar-refractivity contribution >= 4 is 23.5 Å². The van der Waals surface area contributed by atoms with Crippen LogP contribution in [-0.2, 0) is 9.59 Å². The Balaban J connectivity index is 1.20. The predicted octanol–water partition coefficient (Wildman–Crippen LogP) is 1.43. The molecule has 2 unspecified atom stereocenters. The first-order valence-electron chi connectivity index (χ1n) is 11.4. The third kappa shape index (κ3) is 4.54. The molecule has 2 atom stereocenters. The highest BCUT2D eigenvalue weighted by Crippen LogP contribution is 2.38. The number of hydrogen-bond acceptors (Lipinski definition) is 5. The number of hydrogen-bond donors (Lipinski definition) is 2. The molecule has 3 fully saturated rings. The van der Waals surface area contributed by atoms with Crippen LogP contribution in [-0.4, -0.2) is 79.0 Å². The highest BCUT2D eigenvalue weighted by Gasteiger charge is 2.55. The van der Waals surface area contributed by atoms with Gasteiger partial charge < -0.3 is 15.5 Å². The van der Waals surface area contributed by atoms with Crippen molar-refractivity contribution in [2.24, 2.45) is 5.92 Å². The number of amides is 4. The lowest BCUT2D eigenvalue weighted by molar-refractivity contribution is -0.137. The van der Waals surface area contributed by atoms with E-state index in [1.165, 1.54) is 5.69 Å². The largest absolute Gasteiger partial charge is 0.369 e. The Hall–Kier alpha value is -2.61. The highest BCUT2D eigenvalue weighted by molar-refractivity contribution is 6.09. The van der Waals surface area contributed by atoms with Crippen molar-refractivity contribution in [2.75, 3.05) is 50.7 Å². The van der Waals surface area contributed by atoms with E-state index in [4.69, 9.17) is 0 Å². The lowest BCUT2D eigenvalue weighted by Crippen LogP contribution is -2.54. The van der Waals surface area contributed by atoms with Crippen LogP contribution in [0.25, 0.3) is 0 Å². The van der Waals surface area contributed by atoms with Crippen LogP contribution in [0.3, 0.4) is 0 Å². The molecule has 0 bridgehead atoms. The molecule has 1 saturated carbocycles. The van der Waals surface area contributed by atoms with Gasteiger partial charge in [0.2, 0.25) is 5.91 Å². The van der Waals surface area contributed by atoms with Gasteiger partial charge in [-0.05, 0) is 30.9 Å². The fourth-order valence-electron chi connectivity index (χ4n) is 5.06. The SMILES string of the molecule is CC1CCCCC12NC(=O)N(CC(=O)NCCN1CCN(c3ccccc3)CC1)C2=O. The fraction of sp³-hybridized carbons (Fsp3) is 0.609. The first-order valence-corrected chi connectivity index (χ1v) is 11.4. The number of carbonyl (C=O) groups is 3. The zero-order valence-electron chi connectivity index (χ0n) is 18.3.